The number of methoxy groups -OCH3 is 1. The van der Waals surface area contributed by atoms with Crippen molar-refractivity contribution in [1.29, 1.82) is 0 Å². The van der Waals surface area contributed by atoms with Gasteiger partial charge in [-0.15, -0.1) is 0 Å². The molecule has 0 aromatic heterocycles. The van der Waals surface area contributed by atoms with Crippen molar-refractivity contribution in [1.82, 2.24) is 0 Å². The van der Waals surface area contributed by atoms with E-state index in [2.05, 4.69) is 25.1 Å². The fraction of sp³-hybridized carbons (Fsp3) is 0.500. The molecular weight excluding hydrogens is 216 g/mol. The van der Waals surface area contributed by atoms with Crippen molar-refractivity contribution >= 4 is 5.97 Å². The Morgan fingerprint density at radius 1 is 1.47 bits per heavy atom. The van der Waals surface area contributed by atoms with Crippen LogP contribution < -0.4 is 0 Å². The molecule has 1 fully saturated rings. The van der Waals surface area contributed by atoms with Crippen molar-refractivity contribution in [2.24, 2.45) is 0 Å². The number of fused-ring (bicyclic) bond motifs is 2. The van der Waals surface area contributed by atoms with Crippen LogP contribution in [0, 0.1) is 6.92 Å². The number of aryl methyl sites for hydroxylation is 2. The van der Waals surface area contributed by atoms with Gasteiger partial charge in [0.25, 0.3) is 0 Å². The molecule has 1 spiro atoms. The fourth-order valence-electron chi connectivity index (χ4n) is 3.06. The van der Waals surface area contributed by atoms with Crippen molar-refractivity contribution in [2.45, 2.75) is 37.9 Å². The zero-order valence-electron chi connectivity index (χ0n) is 10.4. The summed E-state index contributed by atoms with van der Waals surface area (Å²) in [5.41, 5.74) is 2.45. The van der Waals surface area contributed by atoms with Gasteiger partial charge in [-0.1, -0.05) is 23.8 Å². The molecule has 1 saturated heterocycles. The summed E-state index contributed by atoms with van der Waals surface area (Å²) in [4.78, 5) is 11.8. The van der Waals surface area contributed by atoms with Gasteiger partial charge in [0, 0.05) is 0 Å². The van der Waals surface area contributed by atoms with E-state index in [9.17, 15) is 4.79 Å². The van der Waals surface area contributed by atoms with E-state index in [0.29, 0.717) is 0 Å². The van der Waals surface area contributed by atoms with E-state index < -0.39 is 11.2 Å². The Labute approximate surface area is 101 Å². The second-order valence-corrected chi connectivity index (χ2v) is 5.11. The van der Waals surface area contributed by atoms with Crippen LogP contribution in [-0.2, 0) is 26.3 Å². The van der Waals surface area contributed by atoms with Crippen LogP contribution in [-0.4, -0.2) is 18.7 Å². The number of ether oxygens (including phenoxy) is 2. The van der Waals surface area contributed by atoms with E-state index >= 15 is 0 Å². The predicted molar refractivity (Wildman–Crippen MR) is 62.7 cm³/mol. The Morgan fingerprint density at radius 2 is 2.24 bits per heavy atom. The fourth-order valence-corrected chi connectivity index (χ4v) is 3.06. The zero-order valence-corrected chi connectivity index (χ0v) is 10.4. The summed E-state index contributed by atoms with van der Waals surface area (Å²) in [6.07, 6.45) is 1.85. The third-order valence-corrected chi connectivity index (χ3v) is 4.13. The maximum atomic E-state index is 11.8. The summed E-state index contributed by atoms with van der Waals surface area (Å²) < 4.78 is 10.7. The second-order valence-electron chi connectivity index (χ2n) is 5.11. The first kappa shape index (κ1) is 10.8. The zero-order chi connectivity index (χ0) is 12.3. The lowest BCUT2D eigenvalue weighted by Gasteiger charge is -2.11. The summed E-state index contributed by atoms with van der Waals surface area (Å²) in [7, 11) is 1.41. The molecule has 1 aromatic rings. The van der Waals surface area contributed by atoms with E-state index in [-0.39, 0.29) is 5.97 Å². The number of esters is 1. The number of rotatable bonds is 1. The molecule has 1 aliphatic carbocycles. The number of benzene rings is 1. The lowest BCUT2D eigenvalue weighted by atomic mass is 9.88. The SMILES string of the molecule is COC(=O)C1(C)OC12CCc1ccc(C)cc12. The maximum Gasteiger partial charge on any atom is 0.341 e. The maximum absolute atomic E-state index is 11.8. The van der Waals surface area contributed by atoms with Crippen molar-refractivity contribution in [3.8, 4) is 0 Å². The molecule has 1 aliphatic heterocycles. The van der Waals surface area contributed by atoms with Crippen molar-refractivity contribution in [2.75, 3.05) is 7.11 Å². The molecule has 3 heteroatoms. The molecule has 1 heterocycles. The highest BCUT2D eigenvalue weighted by atomic mass is 16.7. The van der Waals surface area contributed by atoms with E-state index in [0.717, 1.165) is 12.8 Å². The first-order valence-electron chi connectivity index (χ1n) is 5.92. The number of epoxide rings is 1. The molecule has 2 unspecified atom stereocenters. The molecule has 2 atom stereocenters. The van der Waals surface area contributed by atoms with Crippen LogP contribution in [0.15, 0.2) is 18.2 Å². The molecule has 0 saturated carbocycles. The van der Waals surface area contributed by atoms with Crippen LogP contribution in [0.2, 0.25) is 0 Å². The smallest absolute Gasteiger partial charge is 0.341 e. The minimum atomic E-state index is -0.791. The van der Waals surface area contributed by atoms with Gasteiger partial charge in [0.2, 0.25) is 0 Å². The first-order chi connectivity index (χ1) is 8.03. The Morgan fingerprint density at radius 3 is 2.94 bits per heavy atom. The van der Waals surface area contributed by atoms with Crippen LogP contribution in [0.25, 0.3) is 0 Å². The van der Waals surface area contributed by atoms with Gasteiger partial charge in [-0.2, -0.15) is 0 Å². The molecule has 0 N–H and O–H groups in total. The minimum Gasteiger partial charge on any atom is -0.467 e. The normalized spacial score (nSPS) is 33.6. The largest absolute Gasteiger partial charge is 0.467 e. The molecule has 0 radical (unpaired) electrons. The number of carbonyl (C=O) groups is 1. The Kier molecular flexibility index (Phi) is 1.97. The summed E-state index contributed by atoms with van der Waals surface area (Å²) >= 11 is 0. The van der Waals surface area contributed by atoms with Gasteiger partial charge in [0.1, 0.15) is 5.60 Å². The van der Waals surface area contributed by atoms with Gasteiger partial charge in [0.05, 0.1) is 7.11 Å². The number of hydrogen-bond donors (Lipinski definition) is 0. The van der Waals surface area contributed by atoms with Gasteiger partial charge < -0.3 is 9.47 Å². The molecule has 2 aliphatic rings. The summed E-state index contributed by atoms with van der Waals surface area (Å²) in [6.45, 7) is 3.89. The van der Waals surface area contributed by atoms with E-state index in [1.54, 1.807) is 0 Å². The molecule has 90 valence electrons. The number of hydrogen-bond acceptors (Lipinski definition) is 3. The topological polar surface area (TPSA) is 38.8 Å². The van der Waals surface area contributed by atoms with Gasteiger partial charge in [-0.05, 0) is 37.8 Å². The van der Waals surface area contributed by atoms with E-state index in [1.807, 2.05) is 6.92 Å². The molecular formula is C14H16O3. The molecule has 3 rings (SSSR count). The van der Waals surface area contributed by atoms with Crippen LogP contribution in [0.5, 0.6) is 0 Å². The highest BCUT2D eigenvalue weighted by Gasteiger charge is 2.74. The molecule has 0 amide bonds. The quantitative estimate of drug-likeness (QED) is 0.550. The van der Waals surface area contributed by atoms with Crippen molar-refractivity contribution < 1.29 is 14.3 Å². The minimum absolute atomic E-state index is 0.271. The van der Waals surface area contributed by atoms with E-state index in [4.69, 9.17) is 9.47 Å². The molecule has 17 heavy (non-hydrogen) atoms. The third kappa shape index (κ3) is 1.18. The Balaban J connectivity index is 2.06. The van der Waals surface area contributed by atoms with E-state index in [1.165, 1.54) is 23.8 Å². The number of carbonyl (C=O) groups excluding carboxylic acids is 1. The predicted octanol–water partition coefficient (Wildman–Crippen LogP) is 2.10. The summed E-state index contributed by atoms with van der Waals surface area (Å²) in [5.74, 6) is -0.271. The average molecular weight is 232 g/mol. The van der Waals surface area contributed by atoms with Gasteiger partial charge in [0.15, 0.2) is 5.60 Å². The highest BCUT2D eigenvalue weighted by molar-refractivity contribution is 5.85. The summed E-state index contributed by atoms with van der Waals surface area (Å²) in [5, 5.41) is 0. The van der Waals surface area contributed by atoms with Crippen LogP contribution in [0.1, 0.15) is 30.0 Å². The summed E-state index contributed by atoms with van der Waals surface area (Å²) in [6, 6.07) is 6.38. The highest BCUT2D eigenvalue weighted by Crippen LogP contribution is 2.62. The Bertz CT molecular complexity index is 508. The lowest BCUT2D eigenvalue weighted by molar-refractivity contribution is -0.146. The Hall–Kier alpha value is -1.35. The second kappa shape index (κ2) is 3.10. The average Bonchev–Trinajstić information content (AvgIpc) is 2.78. The monoisotopic (exact) mass is 232 g/mol. The first-order valence-corrected chi connectivity index (χ1v) is 5.92. The van der Waals surface area contributed by atoms with Crippen LogP contribution >= 0.6 is 0 Å². The molecule has 3 nitrogen and oxygen atoms in total. The third-order valence-electron chi connectivity index (χ3n) is 4.13. The standard InChI is InChI=1S/C14H16O3/c1-9-4-5-10-6-7-14(11(10)8-9)13(2,17-14)12(15)16-3/h4-5,8H,6-7H2,1-3H3. The van der Waals surface area contributed by atoms with Gasteiger partial charge in [-0.3, -0.25) is 0 Å². The van der Waals surface area contributed by atoms with Gasteiger partial charge in [-0.25, -0.2) is 4.79 Å². The van der Waals surface area contributed by atoms with Crippen LogP contribution in [0.3, 0.4) is 0 Å². The van der Waals surface area contributed by atoms with Crippen molar-refractivity contribution in [3.63, 3.8) is 0 Å². The molecule has 1 aromatic carbocycles. The van der Waals surface area contributed by atoms with Gasteiger partial charge >= 0.3 is 5.97 Å². The molecule has 0 bridgehead atoms. The van der Waals surface area contributed by atoms with Crippen molar-refractivity contribution in [3.05, 3.63) is 34.9 Å². The van der Waals surface area contributed by atoms with Crippen LogP contribution in [0.4, 0.5) is 0 Å². The lowest BCUT2D eigenvalue weighted by Crippen LogP contribution is -2.29.